The summed E-state index contributed by atoms with van der Waals surface area (Å²) < 4.78 is 5.93. The first kappa shape index (κ1) is 58.3. The van der Waals surface area contributed by atoms with Gasteiger partial charge in [-0.25, -0.2) is 0 Å². The first-order valence-corrected chi connectivity index (χ1v) is 26.6. The summed E-state index contributed by atoms with van der Waals surface area (Å²) in [7, 11) is 0. The van der Waals surface area contributed by atoms with Gasteiger partial charge in [0.1, 0.15) is 6.10 Å². The molecule has 0 radical (unpaired) electrons. The Hall–Kier alpha value is -1.66. The second-order valence-corrected chi connectivity index (χ2v) is 18.3. The zero-order valence-corrected chi connectivity index (χ0v) is 40.4. The van der Waals surface area contributed by atoms with Gasteiger partial charge in [-0.3, -0.25) is 9.59 Å². The van der Waals surface area contributed by atoms with Crippen molar-refractivity contribution in [2.24, 2.45) is 0 Å². The summed E-state index contributed by atoms with van der Waals surface area (Å²) in [5.74, 6) is -0.490. The molecule has 60 heavy (non-hydrogen) atoms. The Morgan fingerprint density at radius 2 is 0.833 bits per heavy atom. The number of rotatable bonds is 48. The molecule has 0 fully saturated rings. The molecule has 0 aromatic carbocycles. The first-order valence-electron chi connectivity index (χ1n) is 26.6. The van der Waals surface area contributed by atoms with Gasteiger partial charge in [0.2, 0.25) is 5.91 Å². The molecule has 3 N–H and O–H groups in total. The van der Waals surface area contributed by atoms with Crippen molar-refractivity contribution in [2.45, 2.75) is 302 Å². The smallest absolute Gasteiger partial charge is 0.306 e. The highest BCUT2D eigenvalue weighted by Crippen LogP contribution is 2.18. The van der Waals surface area contributed by atoms with Crippen LogP contribution >= 0.6 is 0 Å². The van der Waals surface area contributed by atoms with Crippen molar-refractivity contribution in [3.05, 3.63) is 24.3 Å². The molecule has 0 heterocycles. The quantitative estimate of drug-likeness (QED) is 0.0322. The number of ether oxygens (including phenoxy) is 1. The lowest BCUT2D eigenvalue weighted by molar-refractivity contribution is -0.151. The molecular weight excluding hydrogens is 743 g/mol. The number of hydrogen-bond donors (Lipinski definition) is 3. The normalized spacial score (nSPS) is 13.3. The van der Waals surface area contributed by atoms with Crippen LogP contribution in [0.15, 0.2) is 24.3 Å². The molecule has 0 aliphatic carbocycles. The van der Waals surface area contributed by atoms with Crippen LogP contribution in [-0.2, 0) is 14.3 Å². The number of aliphatic hydroxyl groups excluding tert-OH is 2. The van der Waals surface area contributed by atoms with Crippen LogP contribution in [0.2, 0.25) is 0 Å². The standard InChI is InChI=1S/C54H103NO5/c1-4-7-10-13-16-19-22-25-26-27-29-32-35-38-41-44-47-54(59)60-50(45-42-39-36-33-30-28-23-20-17-14-11-8-5-2)48-53(58)55-51(49-56)52(57)46-43-40-37-34-31-24-21-18-15-12-9-6-3/h26-27,29,32,50-52,56-57H,4-25,28,30-31,33-49H2,1-3H3,(H,55,58)/b27-26+,32-29+. The van der Waals surface area contributed by atoms with Crippen LogP contribution in [0.4, 0.5) is 0 Å². The third kappa shape index (κ3) is 43.0. The van der Waals surface area contributed by atoms with E-state index in [0.717, 1.165) is 57.8 Å². The topological polar surface area (TPSA) is 95.9 Å². The molecular formula is C54H103NO5. The van der Waals surface area contributed by atoms with E-state index in [1.165, 1.54) is 180 Å². The van der Waals surface area contributed by atoms with Crippen molar-refractivity contribution in [1.82, 2.24) is 5.32 Å². The van der Waals surface area contributed by atoms with Crippen LogP contribution in [0.3, 0.4) is 0 Å². The molecule has 3 atom stereocenters. The Balaban J connectivity index is 4.58. The maximum atomic E-state index is 13.2. The van der Waals surface area contributed by atoms with Crippen molar-refractivity contribution in [3.63, 3.8) is 0 Å². The number of carbonyl (C=O) groups excluding carboxylic acids is 2. The van der Waals surface area contributed by atoms with E-state index in [4.69, 9.17) is 4.74 Å². The zero-order valence-electron chi connectivity index (χ0n) is 40.4. The lowest BCUT2D eigenvalue weighted by Gasteiger charge is -2.24. The van der Waals surface area contributed by atoms with Gasteiger partial charge in [0.15, 0.2) is 0 Å². The Bertz CT molecular complexity index is 950. The largest absolute Gasteiger partial charge is 0.462 e. The summed E-state index contributed by atoms with van der Waals surface area (Å²) in [5.41, 5.74) is 0. The average molecular weight is 846 g/mol. The Kier molecular flexibility index (Phi) is 47.0. The van der Waals surface area contributed by atoms with Crippen LogP contribution in [0.5, 0.6) is 0 Å². The van der Waals surface area contributed by atoms with Crippen molar-refractivity contribution in [2.75, 3.05) is 6.61 Å². The van der Waals surface area contributed by atoms with Crippen LogP contribution in [0, 0.1) is 0 Å². The van der Waals surface area contributed by atoms with Gasteiger partial charge < -0.3 is 20.3 Å². The van der Waals surface area contributed by atoms with Crippen molar-refractivity contribution < 1.29 is 24.5 Å². The molecule has 6 nitrogen and oxygen atoms in total. The SMILES string of the molecule is CCCCCCCCC/C=C/C=C/CCCCCC(=O)OC(CCCCCCCCCCCCCCC)CC(=O)NC(CO)C(O)CCCCCCCCCCCCCC. The van der Waals surface area contributed by atoms with Gasteiger partial charge in [-0.2, -0.15) is 0 Å². The summed E-state index contributed by atoms with van der Waals surface area (Å²) in [6.07, 6.45) is 55.2. The predicted octanol–water partition coefficient (Wildman–Crippen LogP) is 15.9. The molecule has 354 valence electrons. The molecule has 0 rings (SSSR count). The van der Waals surface area contributed by atoms with Gasteiger partial charge in [-0.15, -0.1) is 0 Å². The molecule has 0 aliphatic heterocycles. The number of aliphatic hydroxyl groups is 2. The fraction of sp³-hybridized carbons (Fsp3) is 0.889. The maximum absolute atomic E-state index is 13.2. The van der Waals surface area contributed by atoms with E-state index < -0.39 is 18.2 Å². The number of nitrogens with one attached hydrogen (secondary N) is 1. The molecule has 6 heteroatoms. The maximum Gasteiger partial charge on any atom is 0.306 e. The Morgan fingerprint density at radius 1 is 0.483 bits per heavy atom. The van der Waals surface area contributed by atoms with Gasteiger partial charge in [-0.05, 0) is 51.4 Å². The summed E-state index contributed by atoms with van der Waals surface area (Å²) in [6.45, 7) is 6.49. The highest BCUT2D eigenvalue weighted by molar-refractivity contribution is 5.77. The second-order valence-electron chi connectivity index (χ2n) is 18.3. The van der Waals surface area contributed by atoms with Crippen LogP contribution in [0.25, 0.3) is 0 Å². The fourth-order valence-corrected chi connectivity index (χ4v) is 8.25. The number of allylic oxidation sites excluding steroid dienone is 4. The minimum absolute atomic E-state index is 0.0725. The number of amides is 1. The van der Waals surface area contributed by atoms with Crippen molar-refractivity contribution >= 4 is 11.9 Å². The minimum Gasteiger partial charge on any atom is -0.462 e. The van der Waals surface area contributed by atoms with Crippen LogP contribution in [0.1, 0.15) is 284 Å². The minimum atomic E-state index is -0.787. The third-order valence-electron chi connectivity index (χ3n) is 12.3. The van der Waals surface area contributed by atoms with Crippen LogP contribution in [-0.4, -0.2) is 46.9 Å². The fourth-order valence-electron chi connectivity index (χ4n) is 8.25. The number of esters is 1. The van der Waals surface area contributed by atoms with Crippen molar-refractivity contribution in [1.29, 1.82) is 0 Å². The van der Waals surface area contributed by atoms with Gasteiger partial charge >= 0.3 is 5.97 Å². The molecule has 0 aromatic rings. The zero-order chi connectivity index (χ0) is 43.8. The summed E-state index contributed by atoms with van der Waals surface area (Å²) in [6, 6.07) is -0.701. The van der Waals surface area contributed by atoms with Gasteiger partial charge in [0, 0.05) is 6.42 Å². The van der Waals surface area contributed by atoms with E-state index in [1.807, 2.05) is 0 Å². The van der Waals surface area contributed by atoms with E-state index in [9.17, 15) is 19.8 Å². The summed E-state index contributed by atoms with van der Waals surface area (Å²) in [4.78, 5) is 26.1. The highest BCUT2D eigenvalue weighted by Gasteiger charge is 2.24. The molecule has 0 spiro atoms. The monoisotopic (exact) mass is 846 g/mol. The number of unbranched alkanes of at least 4 members (excludes halogenated alkanes) is 33. The summed E-state index contributed by atoms with van der Waals surface area (Å²) >= 11 is 0. The lowest BCUT2D eigenvalue weighted by Crippen LogP contribution is -2.46. The predicted molar refractivity (Wildman–Crippen MR) is 260 cm³/mol. The molecule has 0 saturated heterocycles. The molecule has 0 aromatic heterocycles. The van der Waals surface area contributed by atoms with Crippen LogP contribution < -0.4 is 5.32 Å². The van der Waals surface area contributed by atoms with E-state index in [-0.39, 0.29) is 24.9 Å². The average Bonchev–Trinajstić information content (AvgIpc) is 3.24. The van der Waals surface area contributed by atoms with E-state index >= 15 is 0 Å². The third-order valence-corrected chi connectivity index (χ3v) is 12.3. The molecule has 0 aliphatic rings. The van der Waals surface area contributed by atoms with Gasteiger partial charge in [-0.1, -0.05) is 244 Å². The van der Waals surface area contributed by atoms with E-state index in [0.29, 0.717) is 19.3 Å². The van der Waals surface area contributed by atoms with Gasteiger partial charge in [0.05, 0.1) is 25.2 Å². The molecule has 0 bridgehead atoms. The van der Waals surface area contributed by atoms with E-state index in [1.54, 1.807) is 0 Å². The molecule has 0 saturated carbocycles. The number of hydrogen-bond acceptors (Lipinski definition) is 5. The van der Waals surface area contributed by atoms with Gasteiger partial charge in [0.25, 0.3) is 0 Å². The van der Waals surface area contributed by atoms with E-state index in [2.05, 4.69) is 50.4 Å². The Morgan fingerprint density at radius 3 is 1.23 bits per heavy atom. The molecule has 1 amide bonds. The first-order chi connectivity index (χ1) is 29.5. The second kappa shape index (κ2) is 48.4. The van der Waals surface area contributed by atoms with Crippen molar-refractivity contribution in [3.8, 4) is 0 Å². The lowest BCUT2D eigenvalue weighted by atomic mass is 10.0. The molecule has 3 unspecified atom stereocenters. The summed E-state index contributed by atoms with van der Waals surface area (Å²) in [5, 5.41) is 23.8. The highest BCUT2D eigenvalue weighted by atomic mass is 16.5. The number of carbonyl (C=O) groups is 2. The Labute approximate surface area is 373 Å².